The molecule has 0 saturated carbocycles. The largest absolute Gasteiger partial charge is 0.493 e. The van der Waals surface area contributed by atoms with Gasteiger partial charge < -0.3 is 14.2 Å². The zero-order valence-corrected chi connectivity index (χ0v) is 21.3. The lowest BCUT2D eigenvalue weighted by molar-refractivity contribution is -0.120. The third-order valence-electron chi connectivity index (χ3n) is 5.00. The highest BCUT2D eigenvalue weighted by atomic mass is 32.1. The molecule has 0 atom stereocenters. The third kappa shape index (κ3) is 7.87. The van der Waals surface area contributed by atoms with E-state index in [1.54, 1.807) is 43.5 Å². The second kappa shape index (κ2) is 13.5. The molecule has 0 aliphatic carbocycles. The van der Waals surface area contributed by atoms with E-state index in [1.165, 1.54) is 6.21 Å². The SMILES string of the molecule is COc1ccccc1OCCOc1ccc(/C=N\NC(=O)Cc2nnc(NC(=O)c3ccccc3)s2)cc1. The van der Waals surface area contributed by atoms with Gasteiger partial charge in [-0.05, 0) is 54.1 Å². The molecule has 11 heteroatoms. The second-order valence-electron chi connectivity index (χ2n) is 7.71. The Morgan fingerprint density at radius 3 is 2.37 bits per heavy atom. The van der Waals surface area contributed by atoms with E-state index in [-0.39, 0.29) is 18.2 Å². The molecule has 0 aliphatic heterocycles. The summed E-state index contributed by atoms with van der Waals surface area (Å²) < 4.78 is 16.6. The van der Waals surface area contributed by atoms with Crippen LogP contribution in [0, 0.1) is 0 Å². The van der Waals surface area contributed by atoms with Crippen LogP contribution < -0.4 is 25.0 Å². The molecule has 38 heavy (non-hydrogen) atoms. The highest BCUT2D eigenvalue weighted by molar-refractivity contribution is 7.15. The Morgan fingerprint density at radius 2 is 1.61 bits per heavy atom. The lowest BCUT2D eigenvalue weighted by Crippen LogP contribution is -2.19. The van der Waals surface area contributed by atoms with Gasteiger partial charge in [-0.1, -0.05) is 41.7 Å². The Kier molecular flexibility index (Phi) is 9.35. The van der Waals surface area contributed by atoms with Gasteiger partial charge >= 0.3 is 0 Å². The number of nitrogens with one attached hydrogen (secondary N) is 2. The summed E-state index contributed by atoms with van der Waals surface area (Å²) in [5, 5.41) is 15.3. The summed E-state index contributed by atoms with van der Waals surface area (Å²) in [6.07, 6.45) is 1.51. The molecule has 3 aromatic carbocycles. The van der Waals surface area contributed by atoms with Crippen molar-refractivity contribution in [3.63, 3.8) is 0 Å². The van der Waals surface area contributed by atoms with Gasteiger partial charge in [0.2, 0.25) is 11.0 Å². The van der Waals surface area contributed by atoms with E-state index in [9.17, 15) is 9.59 Å². The molecular weight excluding hydrogens is 506 g/mol. The van der Waals surface area contributed by atoms with Crippen molar-refractivity contribution in [1.82, 2.24) is 15.6 Å². The normalized spacial score (nSPS) is 10.7. The smallest absolute Gasteiger partial charge is 0.257 e. The number of hydrogen-bond donors (Lipinski definition) is 2. The fraction of sp³-hybridized carbons (Fsp3) is 0.148. The minimum Gasteiger partial charge on any atom is -0.493 e. The molecule has 0 radical (unpaired) electrons. The van der Waals surface area contributed by atoms with Gasteiger partial charge in [-0.15, -0.1) is 10.2 Å². The Morgan fingerprint density at radius 1 is 0.895 bits per heavy atom. The molecule has 1 heterocycles. The first-order valence-corrected chi connectivity index (χ1v) is 12.4. The van der Waals surface area contributed by atoms with Gasteiger partial charge in [-0.25, -0.2) is 5.43 Å². The Bertz CT molecular complexity index is 1380. The van der Waals surface area contributed by atoms with Crippen molar-refractivity contribution in [1.29, 1.82) is 0 Å². The minimum absolute atomic E-state index is 0.0140. The fourth-order valence-electron chi connectivity index (χ4n) is 3.19. The van der Waals surface area contributed by atoms with Crippen LogP contribution in [0.1, 0.15) is 20.9 Å². The van der Waals surface area contributed by atoms with Crippen LogP contribution in [0.3, 0.4) is 0 Å². The number of carbonyl (C=O) groups excluding carboxylic acids is 2. The number of aromatic nitrogens is 2. The molecule has 0 fully saturated rings. The number of carbonyl (C=O) groups is 2. The minimum atomic E-state index is -0.353. The molecule has 0 bridgehead atoms. The van der Waals surface area contributed by atoms with Crippen LogP contribution in [0.5, 0.6) is 17.2 Å². The zero-order valence-electron chi connectivity index (χ0n) is 20.5. The van der Waals surface area contributed by atoms with E-state index in [4.69, 9.17) is 14.2 Å². The second-order valence-corrected chi connectivity index (χ2v) is 8.77. The number of methoxy groups -OCH3 is 1. The van der Waals surface area contributed by atoms with Crippen molar-refractivity contribution in [2.75, 3.05) is 25.6 Å². The highest BCUT2D eigenvalue weighted by Gasteiger charge is 2.12. The van der Waals surface area contributed by atoms with Crippen LogP contribution >= 0.6 is 11.3 Å². The first kappa shape index (κ1) is 26.3. The number of nitrogens with zero attached hydrogens (tertiary/aromatic N) is 3. The molecule has 0 saturated heterocycles. The fourth-order valence-corrected chi connectivity index (χ4v) is 3.92. The number of hydrazone groups is 1. The molecule has 4 aromatic rings. The highest BCUT2D eigenvalue weighted by Crippen LogP contribution is 2.25. The van der Waals surface area contributed by atoms with Gasteiger partial charge in [0, 0.05) is 5.56 Å². The van der Waals surface area contributed by atoms with Crippen LogP contribution in [-0.4, -0.2) is 48.5 Å². The maximum Gasteiger partial charge on any atom is 0.257 e. The number of amides is 2. The summed E-state index contributed by atoms with van der Waals surface area (Å²) in [6.45, 7) is 0.732. The van der Waals surface area contributed by atoms with Gasteiger partial charge in [-0.3, -0.25) is 14.9 Å². The van der Waals surface area contributed by atoms with E-state index in [2.05, 4.69) is 26.0 Å². The van der Waals surface area contributed by atoms with Gasteiger partial charge in [0.1, 0.15) is 24.0 Å². The third-order valence-corrected chi connectivity index (χ3v) is 5.84. The first-order valence-electron chi connectivity index (χ1n) is 11.6. The van der Waals surface area contributed by atoms with E-state index < -0.39 is 0 Å². The quantitative estimate of drug-likeness (QED) is 0.161. The summed E-state index contributed by atoms with van der Waals surface area (Å²) in [6, 6.07) is 23.4. The number of benzene rings is 3. The molecule has 0 spiro atoms. The van der Waals surface area contributed by atoms with Gasteiger partial charge in [-0.2, -0.15) is 5.10 Å². The predicted octanol–water partition coefficient (Wildman–Crippen LogP) is 3.95. The van der Waals surface area contributed by atoms with Crippen LogP contribution in [0.4, 0.5) is 5.13 Å². The summed E-state index contributed by atoms with van der Waals surface area (Å²) in [5.41, 5.74) is 3.75. The van der Waals surface area contributed by atoms with Gasteiger partial charge in [0.05, 0.1) is 19.7 Å². The lowest BCUT2D eigenvalue weighted by atomic mass is 10.2. The Labute approximate surface area is 223 Å². The number of ether oxygens (including phenoxy) is 3. The molecule has 4 rings (SSSR count). The van der Waals surface area contributed by atoms with Crippen LogP contribution in [0.2, 0.25) is 0 Å². The lowest BCUT2D eigenvalue weighted by Gasteiger charge is -2.11. The zero-order chi connectivity index (χ0) is 26.6. The number of anilines is 1. The predicted molar refractivity (Wildman–Crippen MR) is 144 cm³/mol. The Hall–Kier alpha value is -4.77. The molecule has 0 unspecified atom stereocenters. The van der Waals surface area contributed by atoms with Crippen LogP contribution in [0.15, 0.2) is 84.0 Å². The molecule has 2 amide bonds. The summed E-state index contributed by atoms with van der Waals surface area (Å²) in [4.78, 5) is 24.4. The van der Waals surface area contributed by atoms with Gasteiger partial charge in [0.25, 0.3) is 5.91 Å². The molecule has 10 nitrogen and oxygen atoms in total. The Balaban J connectivity index is 1.17. The maximum absolute atomic E-state index is 12.2. The maximum atomic E-state index is 12.2. The number of hydrogen-bond acceptors (Lipinski definition) is 9. The van der Waals surface area contributed by atoms with E-state index >= 15 is 0 Å². The summed E-state index contributed by atoms with van der Waals surface area (Å²) in [7, 11) is 1.60. The van der Waals surface area contributed by atoms with Gasteiger partial charge in [0.15, 0.2) is 11.5 Å². The topological polar surface area (TPSA) is 124 Å². The molecule has 2 N–H and O–H groups in total. The standard InChI is InChI=1S/C27H25N5O5S/c1-35-22-9-5-6-10-23(22)37-16-15-36-21-13-11-19(12-14-21)18-28-30-24(33)17-25-31-32-27(38-25)29-26(34)20-7-3-2-4-8-20/h2-14,18H,15-17H2,1H3,(H,30,33)(H,29,32,34)/b28-18-. The van der Waals surface area contributed by atoms with Crippen LogP contribution in [-0.2, 0) is 11.2 Å². The average Bonchev–Trinajstić information content (AvgIpc) is 3.38. The van der Waals surface area contributed by atoms with Crippen molar-refractivity contribution in [2.45, 2.75) is 6.42 Å². The van der Waals surface area contributed by atoms with Crippen molar-refractivity contribution in [2.24, 2.45) is 5.10 Å². The van der Waals surface area contributed by atoms with Crippen molar-refractivity contribution in [3.05, 3.63) is 95.0 Å². The molecule has 0 aliphatic rings. The van der Waals surface area contributed by atoms with Crippen molar-refractivity contribution in [3.8, 4) is 17.2 Å². The van der Waals surface area contributed by atoms with E-state index in [0.717, 1.165) is 16.9 Å². The molecular formula is C27H25N5O5S. The number of rotatable bonds is 12. The van der Waals surface area contributed by atoms with Crippen LogP contribution in [0.25, 0.3) is 0 Å². The van der Waals surface area contributed by atoms with Crippen molar-refractivity contribution >= 4 is 34.5 Å². The number of para-hydroxylation sites is 2. The summed E-state index contributed by atoms with van der Waals surface area (Å²) in [5.74, 6) is 1.37. The monoisotopic (exact) mass is 531 g/mol. The summed E-state index contributed by atoms with van der Waals surface area (Å²) >= 11 is 1.13. The van der Waals surface area contributed by atoms with Crippen molar-refractivity contribution < 1.29 is 23.8 Å². The molecule has 194 valence electrons. The molecule has 1 aromatic heterocycles. The average molecular weight is 532 g/mol. The van der Waals surface area contributed by atoms with E-state index in [0.29, 0.717) is 46.2 Å². The van der Waals surface area contributed by atoms with E-state index in [1.807, 2.05) is 42.5 Å². The first-order chi connectivity index (χ1) is 18.6.